The fraction of sp³-hybridized carbons (Fsp3) is 0.300. The van der Waals surface area contributed by atoms with Crippen LogP contribution in [0.15, 0.2) is 18.2 Å². The molecule has 1 aromatic carbocycles. The molecule has 0 fully saturated rings. The molecule has 0 aliphatic heterocycles. The van der Waals surface area contributed by atoms with E-state index in [-0.39, 0.29) is 22.2 Å². The molecular formula is C10H12ClN3O3. The van der Waals surface area contributed by atoms with Crippen LogP contribution in [-0.2, 0) is 0 Å². The van der Waals surface area contributed by atoms with E-state index in [1.54, 1.807) is 0 Å². The van der Waals surface area contributed by atoms with Gasteiger partial charge in [0.1, 0.15) is 5.02 Å². The largest absolute Gasteiger partial charge is 0.352 e. The molecule has 0 spiro atoms. The Labute approximate surface area is 103 Å². The second-order valence-corrected chi connectivity index (χ2v) is 3.73. The van der Waals surface area contributed by atoms with Crippen molar-refractivity contribution in [2.45, 2.75) is 6.42 Å². The summed E-state index contributed by atoms with van der Waals surface area (Å²) in [6, 6.07) is 3.85. The number of hydrogen-bond acceptors (Lipinski definition) is 4. The number of nitrogens with zero attached hydrogens (tertiary/aromatic N) is 1. The van der Waals surface area contributed by atoms with Crippen molar-refractivity contribution in [3.8, 4) is 0 Å². The molecule has 92 valence electrons. The second-order valence-electron chi connectivity index (χ2n) is 3.32. The predicted octanol–water partition coefficient (Wildman–Crippen LogP) is 1.33. The van der Waals surface area contributed by atoms with Gasteiger partial charge in [0, 0.05) is 18.2 Å². The first kappa shape index (κ1) is 13.4. The summed E-state index contributed by atoms with van der Waals surface area (Å²) in [6.07, 6.45) is 0.673. The number of nitrogens with one attached hydrogen (secondary N) is 1. The lowest BCUT2D eigenvalue weighted by molar-refractivity contribution is -0.384. The molecule has 0 saturated heterocycles. The van der Waals surface area contributed by atoms with E-state index in [0.717, 1.165) is 0 Å². The zero-order valence-electron chi connectivity index (χ0n) is 8.98. The summed E-state index contributed by atoms with van der Waals surface area (Å²) >= 11 is 5.69. The number of nitrogens with two attached hydrogens (primary N) is 1. The lowest BCUT2D eigenvalue weighted by Gasteiger charge is -2.04. The highest BCUT2D eigenvalue weighted by Crippen LogP contribution is 2.24. The van der Waals surface area contributed by atoms with Crippen LogP contribution in [0.4, 0.5) is 5.69 Å². The van der Waals surface area contributed by atoms with Crippen LogP contribution in [0, 0.1) is 10.1 Å². The number of carbonyl (C=O) groups is 1. The van der Waals surface area contributed by atoms with Gasteiger partial charge in [0.05, 0.1) is 4.92 Å². The molecule has 0 aromatic heterocycles. The molecule has 0 unspecified atom stereocenters. The van der Waals surface area contributed by atoms with Crippen LogP contribution in [0.3, 0.4) is 0 Å². The number of halogens is 1. The van der Waals surface area contributed by atoms with Crippen LogP contribution in [0.1, 0.15) is 16.8 Å². The van der Waals surface area contributed by atoms with Gasteiger partial charge in [-0.25, -0.2) is 0 Å². The van der Waals surface area contributed by atoms with Crippen molar-refractivity contribution in [3.05, 3.63) is 38.9 Å². The molecule has 0 atom stereocenters. The number of nitro benzene ring substituents is 1. The Kier molecular flexibility index (Phi) is 4.86. The first-order valence-corrected chi connectivity index (χ1v) is 5.36. The summed E-state index contributed by atoms with van der Waals surface area (Å²) in [4.78, 5) is 21.5. The minimum absolute atomic E-state index is 0.0542. The highest BCUT2D eigenvalue weighted by atomic mass is 35.5. The van der Waals surface area contributed by atoms with E-state index in [0.29, 0.717) is 19.5 Å². The van der Waals surface area contributed by atoms with E-state index >= 15 is 0 Å². The topological polar surface area (TPSA) is 98.3 Å². The molecule has 0 saturated carbocycles. The summed E-state index contributed by atoms with van der Waals surface area (Å²) < 4.78 is 0. The molecule has 1 rings (SSSR count). The van der Waals surface area contributed by atoms with Gasteiger partial charge < -0.3 is 11.1 Å². The third-order valence-electron chi connectivity index (χ3n) is 2.07. The van der Waals surface area contributed by atoms with Gasteiger partial charge in [-0.3, -0.25) is 14.9 Å². The highest BCUT2D eigenvalue weighted by molar-refractivity contribution is 6.33. The standard InChI is InChI=1S/C10H12ClN3O3/c11-8-6-7(2-3-9(8)14(16)17)10(15)13-5-1-4-12/h2-3,6H,1,4-5,12H2,(H,13,15). The molecule has 17 heavy (non-hydrogen) atoms. The molecule has 0 aliphatic carbocycles. The van der Waals surface area contributed by atoms with E-state index in [4.69, 9.17) is 17.3 Å². The Morgan fingerprint density at radius 2 is 2.24 bits per heavy atom. The first-order chi connectivity index (χ1) is 8.06. The fourth-order valence-corrected chi connectivity index (χ4v) is 1.45. The van der Waals surface area contributed by atoms with Crippen molar-refractivity contribution in [2.24, 2.45) is 5.73 Å². The van der Waals surface area contributed by atoms with E-state index in [2.05, 4.69) is 5.32 Å². The lowest BCUT2D eigenvalue weighted by Crippen LogP contribution is -2.25. The van der Waals surface area contributed by atoms with Crippen molar-refractivity contribution in [3.63, 3.8) is 0 Å². The summed E-state index contributed by atoms with van der Waals surface area (Å²) in [7, 11) is 0. The zero-order chi connectivity index (χ0) is 12.8. The molecule has 7 heteroatoms. The van der Waals surface area contributed by atoms with Crippen LogP contribution in [-0.4, -0.2) is 23.9 Å². The maximum absolute atomic E-state index is 11.6. The Hall–Kier alpha value is -1.66. The first-order valence-electron chi connectivity index (χ1n) is 4.98. The maximum atomic E-state index is 11.6. The van der Waals surface area contributed by atoms with Gasteiger partial charge in [-0.1, -0.05) is 11.6 Å². The van der Waals surface area contributed by atoms with Crippen LogP contribution in [0.2, 0.25) is 5.02 Å². The Morgan fingerprint density at radius 3 is 2.76 bits per heavy atom. The van der Waals surface area contributed by atoms with Crippen molar-refractivity contribution < 1.29 is 9.72 Å². The van der Waals surface area contributed by atoms with E-state index in [1.165, 1.54) is 18.2 Å². The minimum atomic E-state index is -0.599. The Balaban J connectivity index is 2.76. The Bertz CT molecular complexity index is 437. The quantitative estimate of drug-likeness (QED) is 0.472. The number of amides is 1. The summed E-state index contributed by atoms with van der Waals surface area (Å²) in [6.45, 7) is 0.950. The second kappa shape index (κ2) is 6.17. The van der Waals surface area contributed by atoms with Crippen LogP contribution >= 0.6 is 11.6 Å². The number of rotatable bonds is 5. The van der Waals surface area contributed by atoms with Crippen LogP contribution < -0.4 is 11.1 Å². The molecule has 6 nitrogen and oxygen atoms in total. The van der Waals surface area contributed by atoms with Crippen LogP contribution in [0.5, 0.6) is 0 Å². The average Bonchev–Trinajstić information content (AvgIpc) is 2.28. The van der Waals surface area contributed by atoms with Gasteiger partial charge >= 0.3 is 0 Å². The predicted molar refractivity (Wildman–Crippen MR) is 64.1 cm³/mol. The van der Waals surface area contributed by atoms with Crippen molar-refractivity contribution >= 4 is 23.2 Å². The zero-order valence-corrected chi connectivity index (χ0v) is 9.74. The number of nitro groups is 1. The molecule has 1 aromatic rings. The molecule has 1 amide bonds. The molecular weight excluding hydrogens is 246 g/mol. The molecule has 0 aliphatic rings. The average molecular weight is 258 g/mol. The summed E-state index contributed by atoms with van der Waals surface area (Å²) in [5.74, 6) is -0.324. The Morgan fingerprint density at radius 1 is 1.53 bits per heavy atom. The van der Waals surface area contributed by atoms with Gasteiger partial charge in [-0.2, -0.15) is 0 Å². The highest BCUT2D eigenvalue weighted by Gasteiger charge is 2.14. The van der Waals surface area contributed by atoms with E-state index in [1.807, 2.05) is 0 Å². The fourth-order valence-electron chi connectivity index (χ4n) is 1.20. The lowest BCUT2D eigenvalue weighted by atomic mass is 10.2. The van der Waals surface area contributed by atoms with Gasteiger partial charge in [-0.15, -0.1) is 0 Å². The van der Waals surface area contributed by atoms with E-state index in [9.17, 15) is 14.9 Å². The number of benzene rings is 1. The van der Waals surface area contributed by atoms with Crippen molar-refractivity contribution in [2.75, 3.05) is 13.1 Å². The summed E-state index contributed by atoms with van der Waals surface area (Å²) in [5, 5.41) is 13.1. The normalized spacial score (nSPS) is 10.0. The summed E-state index contributed by atoms with van der Waals surface area (Å²) in [5.41, 5.74) is 5.36. The van der Waals surface area contributed by atoms with Gasteiger partial charge in [0.15, 0.2) is 0 Å². The van der Waals surface area contributed by atoms with Crippen LogP contribution in [0.25, 0.3) is 0 Å². The third-order valence-corrected chi connectivity index (χ3v) is 2.38. The monoisotopic (exact) mass is 257 g/mol. The maximum Gasteiger partial charge on any atom is 0.287 e. The SMILES string of the molecule is NCCCNC(=O)c1ccc([N+](=O)[O-])c(Cl)c1. The number of hydrogen-bond donors (Lipinski definition) is 2. The smallest absolute Gasteiger partial charge is 0.287 e. The molecule has 3 N–H and O–H groups in total. The van der Waals surface area contributed by atoms with Crippen molar-refractivity contribution in [1.29, 1.82) is 0 Å². The number of carbonyl (C=O) groups excluding carboxylic acids is 1. The molecule has 0 bridgehead atoms. The van der Waals surface area contributed by atoms with Gasteiger partial charge in [0.25, 0.3) is 11.6 Å². The third kappa shape index (κ3) is 3.69. The van der Waals surface area contributed by atoms with E-state index < -0.39 is 4.92 Å². The van der Waals surface area contributed by atoms with Gasteiger partial charge in [-0.05, 0) is 25.1 Å². The molecule has 0 heterocycles. The van der Waals surface area contributed by atoms with Crippen molar-refractivity contribution in [1.82, 2.24) is 5.32 Å². The molecule has 0 radical (unpaired) electrons. The minimum Gasteiger partial charge on any atom is -0.352 e. The van der Waals surface area contributed by atoms with Gasteiger partial charge in [0.2, 0.25) is 0 Å².